The van der Waals surface area contributed by atoms with Gasteiger partial charge in [0.2, 0.25) is 0 Å². The van der Waals surface area contributed by atoms with Crippen molar-refractivity contribution in [3.8, 4) is 17.2 Å². The molecule has 0 radical (unpaired) electrons. The Morgan fingerprint density at radius 3 is 2.03 bits per heavy atom. The van der Waals surface area contributed by atoms with Gasteiger partial charge < -0.3 is 14.9 Å². The molecule has 4 rings (SSSR count). The van der Waals surface area contributed by atoms with E-state index in [9.17, 15) is 19.8 Å². The van der Waals surface area contributed by atoms with E-state index in [0.29, 0.717) is 23.2 Å². The van der Waals surface area contributed by atoms with E-state index in [1.807, 2.05) is 30.3 Å². The minimum absolute atomic E-state index is 0.0358. The summed E-state index contributed by atoms with van der Waals surface area (Å²) in [6.45, 7) is 0. The molecule has 150 valence electrons. The minimum Gasteiger partial charge on any atom is -0.507 e. The molecular weight excluding hydrogens is 380 g/mol. The van der Waals surface area contributed by atoms with Crippen molar-refractivity contribution in [1.29, 1.82) is 0 Å². The number of aldehydes is 1. The molecule has 0 unspecified atom stereocenters. The Hall–Kier alpha value is -4.12. The third kappa shape index (κ3) is 4.64. The van der Waals surface area contributed by atoms with Gasteiger partial charge in [0.1, 0.15) is 17.2 Å². The summed E-state index contributed by atoms with van der Waals surface area (Å²) in [5.41, 5.74) is 1.16. The third-order valence-corrected chi connectivity index (χ3v) is 4.51. The molecule has 5 heteroatoms. The molecule has 0 spiro atoms. The van der Waals surface area contributed by atoms with Gasteiger partial charge in [-0.05, 0) is 35.0 Å². The van der Waals surface area contributed by atoms with Crippen LogP contribution >= 0.6 is 0 Å². The maximum atomic E-state index is 12.1. The number of phenolic OH excluding ortho intramolecular Hbond substituents is 2. The van der Waals surface area contributed by atoms with Crippen LogP contribution in [0.25, 0.3) is 10.8 Å². The minimum atomic E-state index is -0.203. The average molecular weight is 400 g/mol. The summed E-state index contributed by atoms with van der Waals surface area (Å²) in [4.78, 5) is 22.6. The van der Waals surface area contributed by atoms with Crippen LogP contribution in [-0.4, -0.2) is 29.4 Å². The van der Waals surface area contributed by atoms with Crippen LogP contribution in [0.15, 0.2) is 84.9 Å². The van der Waals surface area contributed by atoms with Crippen LogP contribution in [0.3, 0.4) is 0 Å². The summed E-state index contributed by atoms with van der Waals surface area (Å²) in [6.07, 6.45) is 0.655. The van der Waals surface area contributed by atoms with Gasteiger partial charge in [-0.3, -0.25) is 9.59 Å². The highest BCUT2D eigenvalue weighted by atomic mass is 16.5. The van der Waals surface area contributed by atoms with Crippen molar-refractivity contribution in [3.05, 3.63) is 102 Å². The summed E-state index contributed by atoms with van der Waals surface area (Å²) >= 11 is 0. The van der Waals surface area contributed by atoms with Crippen LogP contribution in [0.4, 0.5) is 0 Å². The van der Waals surface area contributed by atoms with Crippen molar-refractivity contribution in [2.45, 2.75) is 0 Å². The lowest BCUT2D eigenvalue weighted by atomic mass is 10.0. The highest BCUT2D eigenvalue weighted by Gasteiger charge is 2.13. The number of aromatic hydroxyl groups is 2. The fourth-order valence-corrected chi connectivity index (χ4v) is 2.92. The SMILES string of the molecule is COc1ccc(C(=O)c2ccccc2)c(O)c1.O=Cc1cc2ccccc2cc1O. The van der Waals surface area contributed by atoms with Crippen molar-refractivity contribution in [2.24, 2.45) is 0 Å². The standard InChI is InChI=1S/C14H12O3.C11H8O2/c1-17-11-7-8-12(13(15)9-11)14(16)10-5-3-2-4-6-10;12-7-10-5-8-3-1-2-4-9(8)6-11(10)13/h2-9,15H,1H3;1-7,13H. The molecule has 0 aliphatic carbocycles. The van der Waals surface area contributed by atoms with Crippen molar-refractivity contribution in [2.75, 3.05) is 7.11 Å². The monoisotopic (exact) mass is 400 g/mol. The van der Waals surface area contributed by atoms with Gasteiger partial charge in [0.25, 0.3) is 0 Å². The van der Waals surface area contributed by atoms with E-state index in [1.165, 1.54) is 13.2 Å². The number of fused-ring (bicyclic) bond motifs is 1. The van der Waals surface area contributed by atoms with Crippen LogP contribution in [0.1, 0.15) is 26.3 Å². The van der Waals surface area contributed by atoms with E-state index in [2.05, 4.69) is 0 Å². The third-order valence-electron chi connectivity index (χ3n) is 4.51. The molecule has 0 bridgehead atoms. The fraction of sp³-hybridized carbons (Fsp3) is 0.0400. The predicted molar refractivity (Wildman–Crippen MR) is 116 cm³/mol. The second-order valence-electron chi connectivity index (χ2n) is 6.45. The molecule has 0 saturated carbocycles. The molecule has 30 heavy (non-hydrogen) atoms. The maximum Gasteiger partial charge on any atom is 0.196 e. The van der Waals surface area contributed by atoms with Gasteiger partial charge in [-0.15, -0.1) is 0 Å². The summed E-state index contributed by atoms with van der Waals surface area (Å²) in [7, 11) is 1.51. The lowest BCUT2D eigenvalue weighted by molar-refractivity contribution is 0.103. The Bertz CT molecular complexity index is 1180. The molecule has 0 heterocycles. The Morgan fingerprint density at radius 1 is 0.800 bits per heavy atom. The zero-order valence-electron chi connectivity index (χ0n) is 16.3. The number of ketones is 1. The zero-order chi connectivity index (χ0) is 21.5. The van der Waals surface area contributed by atoms with Crippen molar-refractivity contribution in [3.63, 3.8) is 0 Å². The molecule has 0 fully saturated rings. The smallest absolute Gasteiger partial charge is 0.196 e. The Kier molecular flexibility index (Phi) is 6.45. The largest absolute Gasteiger partial charge is 0.507 e. The van der Waals surface area contributed by atoms with Gasteiger partial charge in [0.15, 0.2) is 12.1 Å². The molecule has 0 amide bonds. The Balaban J connectivity index is 0.000000177. The first-order valence-electron chi connectivity index (χ1n) is 9.17. The summed E-state index contributed by atoms with van der Waals surface area (Å²) < 4.78 is 4.96. The van der Waals surface area contributed by atoms with Gasteiger partial charge >= 0.3 is 0 Å². The number of benzene rings is 4. The van der Waals surface area contributed by atoms with E-state index < -0.39 is 0 Å². The molecule has 0 saturated heterocycles. The number of hydrogen-bond donors (Lipinski definition) is 2. The fourth-order valence-electron chi connectivity index (χ4n) is 2.92. The summed E-state index contributed by atoms with van der Waals surface area (Å²) in [6, 6.07) is 24.3. The molecular formula is C25H20O5. The van der Waals surface area contributed by atoms with Crippen molar-refractivity contribution >= 4 is 22.8 Å². The second-order valence-corrected chi connectivity index (χ2v) is 6.45. The molecule has 0 atom stereocenters. The highest BCUT2D eigenvalue weighted by molar-refractivity contribution is 6.10. The highest BCUT2D eigenvalue weighted by Crippen LogP contribution is 2.25. The van der Waals surface area contributed by atoms with Crippen LogP contribution in [0, 0.1) is 0 Å². The summed E-state index contributed by atoms with van der Waals surface area (Å²) in [5.74, 6) is 0.282. The number of hydrogen-bond acceptors (Lipinski definition) is 5. The number of ether oxygens (including phenoxy) is 1. The summed E-state index contributed by atoms with van der Waals surface area (Å²) in [5, 5.41) is 21.0. The molecule has 0 aromatic heterocycles. The first-order valence-corrected chi connectivity index (χ1v) is 9.17. The number of carbonyl (C=O) groups is 2. The Labute approximate surface area is 173 Å². The molecule has 4 aromatic rings. The van der Waals surface area contributed by atoms with Crippen LogP contribution in [0.5, 0.6) is 17.2 Å². The zero-order valence-corrected chi connectivity index (χ0v) is 16.3. The second kappa shape index (κ2) is 9.39. The van der Waals surface area contributed by atoms with E-state index in [0.717, 1.165) is 10.8 Å². The van der Waals surface area contributed by atoms with Gasteiger partial charge in [-0.1, -0.05) is 54.6 Å². The average Bonchev–Trinajstić information content (AvgIpc) is 2.79. The number of methoxy groups -OCH3 is 1. The normalized spacial score (nSPS) is 10.0. The number of phenols is 2. The van der Waals surface area contributed by atoms with Crippen LogP contribution < -0.4 is 4.74 Å². The lowest BCUT2D eigenvalue weighted by Crippen LogP contribution is -2.01. The topological polar surface area (TPSA) is 83.8 Å². The number of carbonyl (C=O) groups excluding carboxylic acids is 2. The van der Waals surface area contributed by atoms with E-state index >= 15 is 0 Å². The van der Waals surface area contributed by atoms with Crippen LogP contribution in [0.2, 0.25) is 0 Å². The van der Waals surface area contributed by atoms with E-state index in [1.54, 1.807) is 48.5 Å². The van der Waals surface area contributed by atoms with Gasteiger partial charge in [0.05, 0.1) is 18.2 Å². The van der Waals surface area contributed by atoms with Crippen LogP contribution in [-0.2, 0) is 0 Å². The molecule has 5 nitrogen and oxygen atoms in total. The first kappa shape index (κ1) is 20.6. The first-order chi connectivity index (χ1) is 14.5. The van der Waals surface area contributed by atoms with Gasteiger partial charge in [-0.25, -0.2) is 0 Å². The molecule has 0 aliphatic rings. The maximum absolute atomic E-state index is 12.1. The van der Waals surface area contributed by atoms with E-state index in [-0.39, 0.29) is 22.8 Å². The molecule has 2 N–H and O–H groups in total. The van der Waals surface area contributed by atoms with Gasteiger partial charge in [0, 0.05) is 11.6 Å². The Morgan fingerprint density at radius 2 is 1.43 bits per heavy atom. The molecule has 4 aromatic carbocycles. The van der Waals surface area contributed by atoms with Gasteiger partial charge in [-0.2, -0.15) is 0 Å². The number of rotatable bonds is 4. The van der Waals surface area contributed by atoms with Crippen molar-refractivity contribution in [1.82, 2.24) is 0 Å². The quantitative estimate of drug-likeness (QED) is 0.372. The van der Waals surface area contributed by atoms with Crippen molar-refractivity contribution < 1.29 is 24.5 Å². The lowest BCUT2D eigenvalue weighted by Gasteiger charge is -2.06. The molecule has 0 aliphatic heterocycles. The van der Waals surface area contributed by atoms with E-state index in [4.69, 9.17) is 4.74 Å². The predicted octanol–water partition coefficient (Wildman–Crippen LogP) is 4.99.